The first kappa shape index (κ1) is 20.0. The zero-order valence-corrected chi connectivity index (χ0v) is 17.5. The highest BCUT2D eigenvalue weighted by Crippen LogP contribution is 2.31. The van der Waals surface area contributed by atoms with Crippen molar-refractivity contribution in [3.05, 3.63) is 47.3 Å². The lowest BCUT2D eigenvalue weighted by atomic mass is 10.1. The summed E-state index contributed by atoms with van der Waals surface area (Å²) in [5, 5.41) is 2.59. The minimum absolute atomic E-state index is 0.195. The number of urea groups is 1. The number of benzene rings is 1. The van der Waals surface area contributed by atoms with Crippen LogP contribution in [0.1, 0.15) is 35.6 Å². The average molecular weight is 411 g/mol. The van der Waals surface area contributed by atoms with Gasteiger partial charge in [0.1, 0.15) is 12.1 Å². The predicted octanol–water partition coefficient (Wildman–Crippen LogP) is 2.46. The van der Waals surface area contributed by atoms with Crippen LogP contribution in [-0.4, -0.2) is 52.0 Å². The van der Waals surface area contributed by atoms with E-state index >= 15 is 0 Å². The summed E-state index contributed by atoms with van der Waals surface area (Å²) in [6.45, 7) is 7.66. The van der Waals surface area contributed by atoms with Crippen molar-refractivity contribution in [2.24, 2.45) is 0 Å². The molecule has 0 saturated carbocycles. The Hall–Kier alpha value is -3.29. The highest BCUT2D eigenvalue weighted by Gasteiger charge is 2.45. The summed E-state index contributed by atoms with van der Waals surface area (Å²) in [5.74, 6) is 0.749. The Kier molecular flexibility index (Phi) is 4.80. The molecule has 1 saturated heterocycles. The molecule has 0 unspecified atom stereocenters. The molecule has 158 valence electrons. The molecule has 2 aromatic rings. The highest BCUT2D eigenvalue weighted by atomic mass is 16.6. The van der Waals surface area contributed by atoms with Crippen molar-refractivity contribution < 1.29 is 23.9 Å². The van der Waals surface area contributed by atoms with Gasteiger partial charge in [-0.05, 0) is 45.9 Å². The van der Waals surface area contributed by atoms with E-state index in [4.69, 9.17) is 9.47 Å². The van der Waals surface area contributed by atoms with E-state index in [0.29, 0.717) is 24.5 Å². The van der Waals surface area contributed by atoms with Gasteiger partial charge in [-0.15, -0.1) is 0 Å². The Morgan fingerprint density at radius 2 is 1.90 bits per heavy atom. The number of fused-ring (bicyclic) bond motifs is 1. The van der Waals surface area contributed by atoms with E-state index in [1.807, 2.05) is 42.7 Å². The largest absolute Gasteiger partial charge is 0.486 e. The predicted molar refractivity (Wildman–Crippen MR) is 109 cm³/mol. The summed E-state index contributed by atoms with van der Waals surface area (Å²) in [5.41, 5.74) is 1.17. The van der Waals surface area contributed by atoms with Gasteiger partial charge in [0, 0.05) is 17.0 Å². The third kappa shape index (κ3) is 3.42. The van der Waals surface area contributed by atoms with E-state index in [9.17, 15) is 14.4 Å². The van der Waals surface area contributed by atoms with Crippen LogP contribution in [0.4, 0.5) is 4.79 Å². The monoisotopic (exact) mass is 411 g/mol. The Morgan fingerprint density at radius 3 is 2.57 bits per heavy atom. The molecule has 1 aromatic carbocycles. The molecule has 1 atom stereocenters. The van der Waals surface area contributed by atoms with Crippen molar-refractivity contribution in [2.45, 2.75) is 45.9 Å². The highest BCUT2D eigenvalue weighted by molar-refractivity contribution is 6.11. The van der Waals surface area contributed by atoms with E-state index in [0.717, 1.165) is 22.0 Å². The molecule has 0 bridgehead atoms. The van der Waals surface area contributed by atoms with Gasteiger partial charge in [-0.1, -0.05) is 12.1 Å². The molecule has 2 aliphatic rings. The van der Waals surface area contributed by atoms with Gasteiger partial charge >= 0.3 is 6.03 Å². The first-order valence-corrected chi connectivity index (χ1v) is 9.90. The number of ether oxygens (including phenoxy) is 2. The topological polar surface area (TPSA) is 89.9 Å². The van der Waals surface area contributed by atoms with Gasteiger partial charge in [-0.2, -0.15) is 0 Å². The van der Waals surface area contributed by atoms with Crippen LogP contribution in [-0.2, 0) is 11.3 Å². The summed E-state index contributed by atoms with van der Waals surface area (Å²) in [6, 6.07) is 8.77. The molecular formula is C22H25N3O5. The minimum Gasteiger partial charge on any atom is -0.486 e. The first-order valence-electron chi connectivity index (χ1n) is 9.90. The second-order valence-corrected chi connectivity index (χ2v) is 8.26. The number of amides is 3. The Morgan fingerprint density at radius 1 is 1.20 bits per heavy atom. The van der Waals surface area contributed by atoms with Gasteiger partial charge < -0.3 is 19.4 Å². The van der Waals surface area contributed by atoms with Gasteiger partial charge in [-0.25, -0.2) is 4.79 Å². The lowest BCUT2D eigenvalue weighted by Crippen LogP contribution is -2.41. The number of aryl methyl sites for hydroxylation is 1. The fourth-order valence-electron chi connectivity index (χ4n) is 3.91. The Bertz CT molecular complexity index is 1040. The van der Waals surface area contributed by atoms with Crippen LogP contribution in [0.15, 0.2) is 30.3 Å². The van der Waals surface area contributed by atoms with E-state index in [2.05, 4.69) is 5.32 Å². The first-order chi connectivity index (χ1) is 14.2. The molecule has 1 fully saturated rings. The summed E-state index contributed by atoms with van der Waals surface area (Å²) >= 11 is 0. The second-order valence-electron chi connectivity index (χ2n) is 8.26. The second kappa shape index (κ2) is 7.19. The van der Waals surface area contributed by atoms with Crippen molar-refractivity contribution in [3.8, 4) is 11.5 Å². The molecule has 2 aliphatic heterocycles. The Balaban J connectivity index is 1.49. The zero-order chi connectivity index (χ0) is 21.6. The van der Waals surface area contributed by atoms with E-state index < -0.39 is 17.5 Å². The van der Waals surface area contributed by atoms with Gasteiger partial charge in [0.25, 0.3) is 5.91 Å². The maximum Gasteiger partial charge on any atom is 0.325 e. The van der Waals surface area contributed by atoms with Crippen LogP contribution in [0.3, 0.4) is 0 Å². The molecule has 1 aromatic heterocycles. The molecule has 4 rings (SSSR count). The third-order valence-corrected chi connectivity index (χ3v) is 5.57. The lowest BCUT2D eigenvalue weighted by molar-refractivity contribution is -0.129. The average Bonchev–Trinajstić information content (AvgIpc) is 3.09. The van der Waals surface area contributed by atoms with Crippen LogP contribution in [0.2, 0.25) is 0 Å². The quantitative estimate of drug-likeness (QED) is 0.603. The molecule has 3 amide bonds. The maximum absolute atomic E-state index is 12.9. The fraction of sp³-hybridized carbons (Fsp3) is 0.409. The standard InChI is InChI=1S/C22H25N3O5/c1-13-9-16(17(26)11-25-20(27)22(3,4)23-21(25)28)14(2)24(13)10-15-12-29-18-7-5-6-8-19(18)30-15/h5-9,15H,10-12H2,1-4H3,(H,23,28)/t15-/m0/s1. The van der Waals surface area contributed by atoms with Crippen molar-refractivity contribution in [1.29, 1.82) is 0 Å². The number of nitrogens with one attached hydrogen (secondary N) is 1. The number of para-hydroxylation sites is 2. The molecule has 8 heteroatoms. The van der Waals surface area contributed by atoms with Crippen molar-refractivity contribution in [1.82, 2.24) is 14.8 Å². The number of imide groups is 1. The SMILES string of the molecule is Cc1cc(C(=O)CN2C(=O)NC(C)(C)C2=O)c(C)n1C[C@H]1COc2ccccc2O1. The van der Waals surface area contributed by atoms with Crippen molar-refractivity contribution >= 4 is 17.7 Å². The number of carbonyl (C=O) groups is 3. The molecular weight excluding hydrogens is 386 g/mol. The number of rotatable bonds is 5. The molecule has 3 heterocycles. The number of Topliss-reactive ketones (excluding diaryl/α,β-unsaturated/α-hetero) is 1. The van der Waals surface area contributed by atoms with Gasteiger partial charge in [0.15, 0.2) is 23.4 Å². The fourth-order valence-corrected chi connectivity index (χ4v) is 3.91. The van der Waals surface area contributed by atoms with E-state index in [1.165, 1.54) is 0 Å². The number of ketones is 1. The number of aromatic nitrogens is 1. The maximum atomic E-state index is 12.9. The normalized spacial score (nSPS) is 19.7. The van der Waals surface area contributed by atoms with Crippen LogP contribution in [0.5, 0.6) is 11.5 Å². The van der Waals surface area contributed by atoms with Gasteiger partial charge in [-0.3, -0.25) is 14.5 Å². The van der Waals surface area contributed by atoms with Crippen molar-refractivity contribution in [2.75, 3.05) is 13.2 Å². The molecule has 8 nitrogen and oxygen atoms in total. The number of hydrogen-bond donors (Lipinski definition) is 1. The van der Waals surface area contributed by atoms with E-state index in [-0.39, 0.29) is 18.4 Å². The summed E-state index contributed by atoms with van der Waals surface area (Å²) in [7, 11) is 0. The number of nitrogens with zero attached hydrogens (tertiary/aromatic N) is 2. The summed E-state index contributed by atoms with van der Waals surface area (Å²) < 4.78 is 13.8. The van der Waals surface area contributed by atoms with E-state index in [1.54, 1.807) is 19.9 Å². The summed E-state index contributed by atoms with van der Waals surface area (Å²) in [6.07, 6.45) is -0.195. The van der Waals surface area contributed by atoms with Gasteiger partial charge in [0.05, 0.1) is 13.1 Å². The van der Waals surface area contributed by atoms with Crippen LogP contribution >= 0.6 is 0 Å². The Labute approximate surface area is 174 Å². The van der Waals surface area contributed by atoms with Crippen molar-refractivity contribution in [3.63, 3.8) is 0 Å². The third-order valence-electron chi connectivity index (χ3n) is 5.57. The van der Waals surface area contributed by atoms with Gasteiger partial charge in [0.2, 0.25) is 0 Å². The minimum atomic E-state index is -0.997. The molecule has 1 N–H and O–H groups in total. The summed E-state index contributed by atoms with van der Waals surface area (Å²) in [4.78, 5) is 38.4. The molecule has 0 spiro atoms. The number of carbonyl (C=O) groups excluding carboxylic acids is 3. The molecule has 0 aliphatic carbocycles. The van der Waals surface area contributed by atoms with Crippen LogP contribution in [0, 0.1) is 13.8 Å². The van der Waals surface area contributed by atoms with Crippen LogP contribution < -0.4 is 14.8 Å². The van der Waals surface area contributed by atoms with Crippen LogP contribution in [0.25, 0.3) is 0 Å². The molecule has 30 heavy (non-hydrogen) atoms. The number of hydrogen-bond acceptors (Lipinski definition) is 5. The zero-order valence-electron chi connectivity index (χ0n) is 17.5. The molecule has 0 radical (unpaired) electrons. The smallest absolute Gasteiger partial charge is 0.325 e. The lowest BCUT2D eigenvalue weighted by Gasteiger charge is -2.27.